The lowest BCUT2D eigenvalue weighted by molar-refractivity contribution is 0.145. The lowest BCUT2D eigenvalue weighted by atomic mass is 10.1. The summed E-state index contributed by atoms with van der Waals surface area (Å²) in [6.45, 7) is 8.90. The molecule has 0 spiro atoms. The maximum atomic E-state index is 13.3. The van der Waals surface area contributed by atoms with E-state index in [9.17, 15) is 13.2 Å². The van der Waals surface area contributed by atoms with Crippen molar-refractivity contribution in [1.82, 2.24) is 14.2 Å². The van der Waals surface area contributed by atoms with Gasteiger partial charge in [-0.2, -0.15) is 4.31 Å². The normalized spacial score (nSPS) is 18.2. The van der Waals surface area contributed by atoms with E-state index >= 15 is 0 Å². The van der Waals surface area contributed by atoms with E-state index in [1.807, 2.05) is 0 Å². The summed E-state index contributed by atoms with van der Waals surface area (Å²) in [5.74, 6) is 0. The topological polar surface area (TPSA) is 73.5 Å². The summed E-state index contributed by atoms with van der Waals surface area (Å²) in [4.78, 5) is 17.1. The third-order valence-electron chi connectivity index (χ3n) is 4.85. The van der Waals surface area contributed by atoms with E-state index in [1.54, 1.807) is 18.2 Å². The first kappa shape index (κ1) is 19.5. The zero-order chi connectivity index (χ0) is 19.1. The Morgan fingerprint density at radius 2 is 1.81 bits per heavy atom. The fourth-order valence-corrected chi connectivity index (χ4v) is 5.35. The Morgan fingerprint density at radius 1 is 1.08 bits per heavy atom. The Bertz CT molecular complexity index is 979. The van der Waals surface area contributed by atoms with Gasteiger partial charge in [-0.15, -0.1) is 0 Å². The van der Waals surface area contributed by atoms with Gasteiger partial charge in [-0.05, 0) is 51.9 Å². The zero-order valence-electron chi connectivity index (χ0n) is 15.3. The number of H-pyrrole nitrogens is 1. The molecule has 0 atom stereocenters. The van der Waals surface area contributed by atoms with Crippen molar-refractivity contribution in [2.45, 2.75) is 37.6 Å². The monoisotopic (exact) mass is 441 g/mol. The van der Waals surface area contributed by atoms with Crippen LogP contribution in [0.15, 0.2) is 38.6 Å². The molecule has 1 N–H and O–H groups in total. The van der Waals surface area contributed by atoms with Gasteiger partial charge in [0, 0.05) is 46.6 Å². The summed E-state index contributed by atoms with van der Waals surface area (Å²) >= 11 is 3.37. The number of benzene rings is 1. The van der Waals surface area contributed by atoms with Crippen molar-refractivity contribution in [3.8, 4) is 0 Å². The van der Waals surface area contributed by atoms with Gasteiger partial charge >= 0.3 is 0 Å². The molecule has 0 aliphatic carbocycles. The van der Waals surface area contributed by atoms with Crippen LogP contribution in [-0.2, 0) is 10.0 Å². The fourth-order valence-electron chi connectivity index (χ4n) is 3.36. The number of sulfonamides is 1. The number of hydrogen-bond acceptors (Lipinski definition) is 4. The molecule has 1 aliphatic rings. The van der Waals surface area contributed by atoms with Crippen LogP contribution < -0.4 is 5.56 Å². The van der Waals surface area contributed by atoms with Crippen molar-refractivity contribution in [2.75, 3.05) is 26.2 Å². The minimum Gasteiger partial charge on any atom is -0.327 e. The van der Waals surface area contributed by atoms with Gasteiger partial charge in [-0.1, -0.05) is 15.9 Å². The van der Waals surface area contributed by atoms with Gasteiger partial charge in [0.1, 0.15) is 4.90 Å². The summed E-state index contributed by atoms with van der Waals surface area (Å²) in [6, 6.07) is 5.07. The van der Waals surface area contributed by atoms with Crippen LogP contribution in [0, 0.1) is 0 Å². The first-order valence-electron chi connectivity index (χ1n) is 8.67. The smallest absolute Gasteiger partial charge is 0.255 e. The molecule has 6 nitrogen and oxygen atoms in total. The summed E-state index contributed by atoms with van der Waals surface area (Å²) in [6.07, 6.45) is 2.10. The van der Waals surface area contributed by atoms with E-state index in [0.717, 1.165) is 17.4 Å². The Morgan fingerprint density at radius 3 is 2.50 bits per heavy atom. The number of fused-ring (bicyclic) bond motifs is 1. The minimum atomic E-state index is -3.70. The van der Waals surface area contributed by atoms with Gasteiger partial charge in [0.25, 0.3) is 5.56 Å². The predicted octanol–water partition coefficient (Wildman–Crippen LogP) is 2.79. The standard InChI is InChI=1S/C18H24BrN3O3S/c1-18(2,3)21-7-4-8-22(10-9-21)26(24,25)16-12-20-17(23)14-6-5-13(19)11-15(14)16/h5-6,11-12H,4,7-10H2,1-3H3,(H,20,23). The summed E-state index contributed by atoms with van der Waals surface area (Å²) in [5.41, 5.74) is -0.281. The third-order valence-corrected chi connectivity index (χ3v) is 7.28. The van der Waals surface area contributed by atoms with E-state index < -0.39 is 10.0 Å². The third kappa shape index (κ3) is 3.74. The second-order valence-corrected chi connectivity index (χ2v) is 10.4. The first-order valence-corrected chi connectivity index (χ1v) is 10.9. The number of halogens is 1. The summed E-state index contributed by atoms with van der Waals surface area (Å²) in [7, 11) is -3.70. The number of nitrogens with zero attached hydrogens (tertiary/aromatic N) is 2. The second kappa shape index (κ2) is 7.07. The Hall–Kier alpha value is -1.22. The molecule has 0 saturated carbocycles. The summed E-state index contributed by atoms with van der Waals surface area (Å²) in [5, 5.41) is 0.820. The van der Waals surface area contributed by atoms with E-state index in [2.05, 4.69) is 46.6 Å². The van der Waals surface area contributed by atoms with Gasteiger partial charge in [-0.25, -0.2) is 8.42 Å². The zero-order valence-corrected chi connectivity index (χ0v) is 17.7. The Labute approximate surface area is 162 Å². The van der Waals surface area contributed by atoms with E-state index in [-0.39, 0.29) is 16.0 Å². The average molecular weight is 442 g/mol. The van der Waals surface area contributed by atoms with E-state index in [0.29, 0.717) is 30.4 Å². The summed E-state index contributed by atoms with van der Waals surface area (Å²) < 4.78 is 28.9. The van der Waals surface area contributed by atoms with Gasteiger partial charge in [0.15, 0.2) is 0 Å². The fraction of sp³-hybridized carbons (Fsp3) is 0.500. The molecule has 2 heterocycles. The van der Waals surface area contributed by atoms with E-state index in [4.69, 9.17) is 0 Å². The number of aromatic amines is 1. The average Bonchev–Trinajstić information content (AvgIpc) is 2.81. The molecule has 2 aromatic rings. The highest BCUT2D eigenvalue weighted by molar-refractivity contribution is 9.10. The lowest BCUT2D eigenvalue weighted by Crippen LogP contribution is -2.44. The highest BCUT2D eigenvalue weighted by atomic mass is 79.9. The van der Waals surface area contributed by atoms with Crippen LogP contribution in [0.3, 0.4) is 0 Å². The molecular formula is C18H24BrN3O3S. The molecule has 3 rings (SSSR count). The molecule has 26 heavy (non-hydrogen) atoms. The molecule has 1 aromatic heterocycles. The maximum Gasteiger partial charge on any atom is 0.255 e. The predicted molar refractivity (Wildman–Crippen MR) is 107 cm³/mol. The molecule has 1 aliphatic heterocycles. The van der Waals surface area contributed by atoms with Gasteiger partial charge in [0.05, 0.1) is 0 Å². The SMILES string of the molecule is CC(C)(C)N1CCCN(S(=O)(=O)c2c[nH]c(=O)c3ccc(Br)cc23)CC1. The van der Waals surface area contributed by atoms with Crippen molar-refractivity contribution in [3.05, 3.63) is 39.2 Å². The van der Waals surface area contributed by atoms with Gasteiger partial charge < -0.3 is 4.98 Å². The van der Waals surface area contributed by atoms with E-state index in [1.165, 1.54) is 10.5 Å². The van der Waals surface area contributed by atoms with Crippen LogP contribution in [0.2, 0.25) is 0 Å². The molecule has 0 radical (unpaired) electrons. The maximum absolute atomic E-state index is 13.3. The Balaban J connectivity index is 2.01. The largest absolute Gasteiger partial charge is 0.327 e. The molecule has 0 bridgehead atoms. The molecule has 0 amide bonds. The number of hydrogen-bond donors (Lipinski definition) is 1. The Kier molecular flexibility index (Phi) is 5.31. The number of pyridine rings is 1. The van der Waals surface area contributed by atoms with Crippen molar-refractivity contribution in [2.24, 2.45) is 0 Å². The van der Waals surface area contributed by atoms with Crippen molar-refractivity contribution < 1.29 is 8.42 Å². The van der Waals surface area contributed by atoms with Crippen LogP contribution in [0.1, 0.15) is 27.2 Å². The number of rotatable bonds is 2. The second-order valence-electron chi connectivity index (χ2n) is 7.59. The molecule has 142 valence electrons. The van der Waals surface area contributed by atoms with Crippen LogP contribution in [0.4, 0.5) is 0 Å². The van der Waals surface area contributed by atoms with Gasteiger partial charge in [0.2, 0.25) is 10.0 Å². The quantitative estimate of drug-likeness (QED) is 0.777. The molecule has 1 aromatic carbocycles. The van der Waals surface area contributed by atoms with Crippen molar-refractivity contribution >= 4 is 36.7 Å². The molecule has 1 fully saturated rings. The minimum absolute atomic E-state index is 0.00924. The molecular weight excluding hydrogens is 418 g/mol. The van der Waals surface area contributed by atoms with Crippen LogP contribution in [-0.4, -0.2) is 54.3 Å². The van der Waals surface area contributed by atoms with Crippen molar-refractivity contribution in [3.63, 3.8) is 0 Å². The van der Waals surface area contributed by atoms with Crippen molar-refractivity contribution in [1.29, 1.82) is 0 Å². The number of nitrogens with one attached hydrogen (secondary N) is 1. The van der Waals surface area contributed by atoms with Gasteiger partial charge in [-0.3, -0.25) is 9.69 Å². The first-order chi connectivity index (χ1) is 12.1. The lowest BCUT2D eigenvalue weighted by Gasteiger charge is -2.34. The van der Waals surface area contributed by atoms with Crippen LogP contribution in [0.25, 0.3) is 10.8 Å². The highest BCUT2D eigenvalue weighted by Crippen LogP contribution is 2.27. The molecule has 8 heteroatoms. The van der Waals surface area contributed by atoms with Crippen LogP contribution in [0.5, 0.6) is 0 Å². The highest BCUT2D eigenvalue weighted by Gasteiger charge is 2.31. The number of aromatic nitrogens is 1. The molecule has 0 unspecified atom stereocenters. The molecule has 1 saturated heterocycles. The van der Waals surface area contributed by atoms with Crippen LogP contribution >= 0.6 is 15.9 Å².